The van der Waals surface area contributed by atoms with Crippen molar-refractivity contribution in [1.29, 1.82) is 0 Å². The Morgan fingerprint density at radius 2 is 1.80 bits per heavy atom. The molecule has 0 bridgehead atoms. The van der Waals surface area contributed by atoms with Crippen LogP contribution in [0.3, 0.4) is 0 Å². The summed E-state index contributed by atoms with van der Waals surface area (Å²) in [4.78, 5) is 40.6. The normalized spacial score (nSPS) is 28.7. The number of phenols is 1. The number of primary amides is 1. The molecular weight excluding hydrogens is 567 g/mol. The number of nitrogens with two attached hydrogens (primary N) is 1. The molecule has 0 aliphatic heterocycles. The average Bonchev–Trinajstić information content (AvgIpc) is 2.71. The molecule has 4 rings (SSSR count). The van der Waals surface area contributed by atoms with Crippen molar-refractivity contribution in [3.8, 4) is 5.75 Å². The van der Waals surface area contributed by atoms with Gasteiger partial charge in [0.1, 0.15) is 22.8 Å². The number of benzene rings is 1. The fourth-order valence-electron chi connectivity index (χ4n) is 5.84. The smallest absolute Gasteiger partial charge is 0.255 e. The molecule has 3 aliphatic carbocycles. The predicted octanol–water partition coefficient (Wildman–Crippen LogP) is 2.02. The summed E-state index contributed by atoms with van der Waals surface area (Å²) in [5.41, 5.74) is 2.52. The number of halogens is 1. The number of hydrogen-bond acceptors (Lipinski definition) is 8. The highest BCUT2D eigenvalue weighted by molar-refractivity contribution is 14.1. The zero-order chi connectivity index (χ0) is 26.4. The van der Waals surface area contributed by atoms with E-state index in [-0.39, 0.29) is 29.7 Å². The average molecular weight is 596 g/mol. The van der Waals surface area contributed by atoms with Crippen molar-refractivity contribution >= 4 is 40.1 Å². The van der Waals surface area contributed by atoms with E-state index in [1.807, 2.05) is 26.8 Å². The van der Waals surface area contributed by atoms with E-state index in [2.05, 4.69) is 22.6 Å². The van der Waals surface area contributed by atoms with Gasteiger partial charge in [-0.1, -0.05) is 20.8 Å². The Balaban J connectivity index is 1.99. The fourth-order valence-corrected chi connectivity index (χ4v) is 6.65. The maximum Gasteiger partial charge on any atom is 0.255 e. The first-order chi connectivity index (χ1) is 16.0. The van der Waals surface area contributed by atoms with Crippen molar-refractivity contribution in [2.75, 3.05) is 14.1 Å². The van der Waals surface area contributed by atoms with Gasteiger partial charge in [-0.2, -0.15) is 0 Å². The molecule has 0 unspecified atom stereocenters. The van der Waals surface area contributed by atoms with Crippen LogP contribution in [0.2, 0.25) is 0 Å². The number of carbonyl (C=O) groups is 3. The molecule has 6 N–H and O–H groups in total. The van der Waals surface area contributed by atoms with Crippen LogP contribution in [0.15, 0.2) is 28.7 Å². The fraction of sp³-hybridized carbons (Fsp3) is 0.480. The zero-order valence-corrected chi connectivity index (χ0v) is 22.3. The predicted molar refractivity (Wildman–Crippen MR) is 135 cm³/mol. The number of ketones is 2. The summed E-state index contributed by atoms with van der Waals surface area (Å²) < 4.78 is 0.788. The minimum absolute atomic E-state index is 0.0441. The van der Waals surface area contributed by atoms with Crippen LogP contribution in [-0.2, 0) is 21.4 Å². The Hall–Kier alpha value is -2.44. The second-order valence-corrected chi connectivity index (χ2v) is 12.0. The second kappa shape index (κ2) is 8.04. The summed E-state index contributed by atoms with van der Waals surface area (Å²) in [5.74, 6) is -6.39. The molecule has 0 saturated carbocycles. The number of phenolic OH excluding ortho intramolecular Hbond substituents is 1. The maximum atomic E-state index is 13.8. The van der Waals surface area contributed by atoms with Gasteiger partial charge in [-0.25, -0.2) is 0 Å². The Morgan fingerprint density at radius 1 is 1.20 bits per heavy atom. The number of aliphatic hydroxyl groups is 3. The molecule has 3 aliphatic rings. The number of amides is 1. The van der Waals surface area contributed by atoms with Gasteiger partial charge in [0.15, 0.2) is 11.4 Å². The van der Waals surface area contributed by atoms with Crippen LogP contribution in [-0.4, -0.2) is 68.5 Å². The Kier molecular flexibility index (Phi) is 5.89. The lowest BCUT2D eigenvalue weighted by molar-refractivity contribution is -0.148. The first kappa shape index (κ1) is 25.6. The number of allylic oxidation sites excluding steroid dienone is 1. The molecule has 188 valence electrons. The van der Waals surface area contributed by atoms with Crippen molar-refractivity contribution in [1.82, 2.24) is 4.90 Å². The zero-order valence-electron chi connectivity index (χ0n) is 20.1. The quantitative estimate of drug-likeness (QED) is 0.256. The number of Topliss-reactive ketones (excluding diaryl/α,β-unsaturated/α-hetero) is 2. The van der Waals surface area contributed by atoms with Gasteiger partial charge in [-0.05, 0) is 72.5 Å². The maximum absolute atomic E-state index is 13.8. The number of likely N-dealkylation sites (N-methyl/N-ethyl adjacent to an activating group) is 1. The molecule has 0 fully saturated rings. The number of aliphatic hydroxyl groups excluding tert-OH is 2. The van der Waals surface area contributed by atoms with E-state index >= 15 is 0 Å². The molecule has 1 aromatic rings. The molecule has 0 saturated heterocycles. The molecule has 1 aromatic carbocycles. The van der Waals surface area contributed by atoms with E-state index in [0.717, 1.165) is 3.57 Å². The van der Waals surface area contributed by atoms with E-state index in [1.165, 1.54) is 4.90 Å². The number of rotatable bonds is 2. The van der Waals surface area contributed by atoms with Crippen LogP contribution in [0.4, 0.5) is 0 Å². The van der Waals surface area contributed by atoms with E-state index < -0.39 is 63.5 Å². The van der Waals surface area contributed by atoms with Crippen LogP contribution in [0.5, 0.6) is 5.75 Å². The van der Waals surface area contributed by atoms with Crippen LogP contribution >= 0.6 is 22.6 Å². The first-order valence-electron chi connectivity index (χ1n) is 11.2. The van der Waals surface area contributed by atoms with Gasteiger partial charge in [-0.15, -0.1) is 0 Å². The standard InChI is InChI=1S/C25H29IN2O7/c1-24(2,3)12-8-13(26)10-6-9-7-11-17(28(4)5)20(31)16(23(27)34)22(33)25(11,35)21(32)14(9)19(30)15(10)18(12)29/h8-9,11,17,29,31-32,35H,6-7H2,1-5H3,(H2,27,34)/t9-,11-,17-,25-/m0/s1. The lowest BCUT2D eigenvalue weighted by Crippen LogP contribution is -2.63. The van der Waals surface area contributed by atoms with E-state index in [4.69, 9.17) is 5.73 Å². The summed E-state index contributed by atoms with van der Waals surface area (Å²) in [7, 11) is 3.20. The van der Waals surface area contributed by atoms with E-state index in [1.54, 1.807) is 14.1 Å². The summed E-state index contributed by atoms with van der Waals surface area (Å²) in [6.07, 6.45) is 0.356. The van der Waals surface area contributed by atoms with Crippen molar-refractivity contribution in [2.45, 2.75) is 50.7 Å². The summed E-state index contributed by atoms with van der Waals surface area (Å²) >= 11 is 2.12. The largest absolute Gasteiger partial charge is 0.510 e. The third kappa shape index (κ3) is 3.44. The van der Waals surface area contributed by atoms with E-state index in [0.29, 0.717) is 11.1 Å². The number of fused-ring (bicyclic) bond motifs is 3. The molecule has 0 heterocycles. The van der Waals surface area contributed by atoms with Crippen molar-refractivity contribution in [3.63, 3.8) is 0 Å². The van der Waals surface area contributed by atoms with Gasteiger partial charge in [0.25, 0.3) is 5.91 Å². The Morgan fingerprint density at radius 3 is 2.31 bits per heavy atom. The highest BCUT2D eigenvalue weighted by Gasteiger charge is 2.63. The highest BCUT2D eigenvalue weighted by Crippen LogP contribution is 2.53. The van der Waals surface area contributed by atoms with Crippen LogP contribution in [0, 0.1) is 15.4 Å². The molecule has 0 radical (unpaired) electrons. The molecule has 35 heavy (non-hydrogen) atoms. The van der Waals surface area contributed by atoms with Gasteiger partial charge in [0, 0.05) is 20.6 Å². The molecule has 1 amide bonds. The molecular formula is C25H29IN2O7. The number of hydrogen-bond donors (Lipinski definition) is 5. The topological polar surface area (TPSA) is 161 Å². The SMILES string of the molecule is CN(C)[C@@H]1C(O)=C(C(N)=O)C(=O)[C@@]2(O)C(O)=C3C(=O)c4c(O)c(C(C)(C)C)cc(I)c4C[C@H]3C[C@@H]12. The highest BCUT2D eigenvalue weighted by atomic mass is 127. The third-order valence-corrected chi connectivity index (χ3v) is 8.44. The van der Waals surface area contributed by atoms with Crippen molar-refractivity contribution in [3.05, 3.63) is 49.0 Å². The lowest BCUT2D eigenvalue weighted by atomic mass is 9.58. The van der Waals surface area contributed by atoms with Gasteiger partial charge < -0.3 is 26.2 Å². The molecule has 0 spiro atoms. The summed E-state index contributed by atoms with van der Waals surface area (Å²) in [5, 5.41) is 44.8. The summed E-state index contributed by atoms with van der Waals surface area (Å²) in [6.45, 7) is 5.70. The molecule has 9 nitrogen and oxygen atoms in total. The first-order valence-corrected chi connectivity index (χ1v) is 12.3. The van der Waals surface area contributed by atoms with Gasteiger partial charge >= 0.3 is 0 Å². The monoisotopic (exact) mass is 596 g/mol. The third-order valence-electron chi connectivity index (χ3n) is 7.48. The Bertz CT molecular complexity index is 1260. The minimum atomic E-state index is -2.63. The number of nitrogens with zero attached hydrogens (tertiary/aromatic N) is 1. The molecule has 4 atom stereocenters. The van der Waals surface area contributed by atoms with Gasteiger partial charge in [-0.3, -0.25) is 19.3 Å². The van der Waals surface area contributed by atoms with Gasteiger partial charge in [0.2, 0.25) is 5.78 Å². The number of carbonyl (C=O) groups excluding carboxylic acids is 3. The van der Waals surface area contributed by atoms with E-state index in [9.17, 15) is 34.8 Å². The Labute approximate surface area is 216 Å². The van der Waals surface area contributed by atoms with Crippen LogP contribution in [0.25, 0.3) is 0 Å². The number of aromatic hydroxyl groups is 1. The minimum Gasteiger partial charge on any atom is -0.510 e. The van der Waals surface area contributed by atoms with Crippen LogP contribution < -0.4 is 5.73 Å². The lowest BCUT2D eigenvalue weighted by Gasteiger charge is -2.50. The molecule has 0 aromatic heterocycles. The van der Waals surface area contributed by atoms with Gasteiger partial charge in [0.05, 0.1) is 11.6 Å². The van der Waals surface area contributed by atoms with Crippen molar-refractivity contribution in [2.24, 2.45) is 17.6 Å². The second-order valence-electron chi connectivity index (χ2n) is 10.8. The summed E-state index contributed by atoms with van der Waals surface area (Å²) in [6, 6.07) is 0.840. The van der Waals surface area contributed by atoms with Crippen LogP contribution in [0.1, 0.15) is 48.7 Å². The molecule has 10 heteroatoms. The van der Waals surface area contributed by atoms with Crippen molar-refractivity contribution < 1.29 is 34.8 Å².